The molecule has 1 N–H and O–H groups in total. The number of rotatable bonds is 7. The summed E-state index contributed by atoms with van der Waals surface area (Å²) >= 11 is 0. The summed E-state index contributed by atoms with van der Waals surface area (Å²) in [6.45, 7) is 5.11. The molecule has 1 rings (SSSR count). The summed E-state index contributed by atoms with van der Waals surface area (Å²) in [6, 6.07) is 0. The Morgan fingerprint density at radius 3 is 2.43 bits per heavy atom. The van der Waals surface area contributed by atoms with Crippen LogP contribution in [0.3, 0.4) is 0 Å². The van der Waals surface area contributed by atoms with Crippen molar-refractivity contribution in [1.29, 1.82) is 0 Å². The number of nitrogens with one attached hydrogen (secondary N) is 1. The van der Waals surface area contributed by atoms with Crippen molar-refractivity contribution in [3.63, 3.8) is 0 Å². The lowest BCUT2D eigenvalue weighted by Crippen LogP contribution is -2.46. The molecule has 0 aromatic rings. The maximum Gasteiger partial charge on any atom is 0.308 e. The van der Waals surface area contributed by atoms with Crippen LogP contribution >= 0.6 is 0 Å². The highest BCUT2D eigenvalue weighted by Crippen LogP contribution is 2.18. The van der Waals surface area contributed by atoms with Crippen LogP contribution in [0.2, 0.25) is 0 Å². The Morgan fingerprint density at radius 2 is 1.87 bits per heavy atom. The first-order valence-electron chi connectivity index (χ1n) is 8.30. The van der Waals surface area contributed by atoms with Gasteiger partial charge in [-0.05, 0) is 32.6 Å². The van der Waals surface area contributed by atoms with Crippen molar-refractivity contribution in [2.24, 2.45) is 10.9 Å². The quantitative estimate of drug-likeness (QED) is 0.327. The van der Waals surface area contributed by atoms with Gasteiger partial charge in [0.25, 0.3) is 0 Å². The van der Waals surface area contributed by atoms with Crippen molar-refractivity contribution in [2.45, 2.75) is 39.0 Å². The molecule has 1 aliphatic rings. The fourth-order valence-electron chi connectivity index (χ4n) is 2.59. The fourth-order valence-corrected chi connectivity index (χ4v) is 2.59. The number of guanidine groups is 1. The third-order valence-electron chi connectivity index (χ3n) is 3.94. The van der Waals surface area contributed by atoms with E-state index in [0.717, 1.165) is 51.3 Å². The van der Waals surface area contributed by atoms with Crippen molar-refractivity contribution >= 4 is 17.9 Å². The highest BCUT2D eigenvalue weighted by Gasteiger charge is 2.26. The number of likely N-dealkylation sites (tertiary alicyclic amines) is 1. The maximum absolute atomic E-state index is 11.6. The first-order chi connectivity index (χ1) is 11.1. The second-order valence-corrected chi connectivity index (χ2v) is 5.55. The summed E-state index contributed by atoms with van der Waals surface area (Å²) in [5, 5.41) is 3.29. The van der Waals surface area contributed by atoms with Gasteiger partial charge in [-0.1, -0.05) is 0 Å². The summed E-state index contributed by atoms with van der Waals surface area (Å²) in [7, 11) is 2.84. The molecule has 1 heterocycles. The highest BCUT2D eigenvalue weighted by atomic mass is 16.5. The van der Waals surface area contributed by atoms with Crippen molar-refractivity contribution in [3.8, 4) is 0 Å². The first-order valence-corrected chi connectivity index (χ1v) is 8.30. The van der Waals surface area contributed by atoms with E-state index in [9.17, 15) is 9.59 Å². The third kappa shape index (κ3) is 6.88. The predicted molar refractivity (Wildman–Crippen MR) is 88.2 cm³/mol. The number of methoxy groups -OCH3 is 2. The average molecular weight is 327 g/mol. The van der Waals surface area contributed by atoms with Crippen LogP contribution in [-0.2, 0) is 19.1 Å². The van der Waals surface area contributed by atoms with Crippen molar-refractivity contribution in [3.05, 3.63) is 0 Å². The summed E-state index contributed by atoms with van der Waals surface area (Å²) in [4.78, 5) is 29.4. The maximum atomic E-state index is 11.6. The van der Waals surface area contributed by atoms with Crippen LogP contribution in [0.15, 0.2) is 4.99 Å². The normalized spacial score (nSPS) is 16.1. The Balaban J connectivity index is 2.40. The standard InChI is InChI=1S/C16H29N3O4/c1-4-17-16(18-10-6-5-7-14(20)22-2)19-11-8-13(9-12-19)15(21)23-3/h13H,4-12H2,1-3H3,(H,17,18). The minimum absolute atomic E-state index is 0.000757. The molecule has 0 aromatic heterocycles. The summed E-state index contributed by atoms with van der Waals surface area (Å²) < 4.78 is 9.43. The Kier molecular flexibility index (Phi) is 9.09. The van der Waals surface area contributed by atoms with E-state index in [0.29, 0.717) is 13.0 Å². The molecule has 0 radical (unpaired) electrons. The van der Waals surface area contributed by atoms with Crippen LogP contribution in [0.4, 0.5) is 0 Å². The van der Waals surface area contributed by atoms with Gasteiger partial charge in [-0.15, -0.1) is 0 Å². The first kappa shape index (κ1) is 19.3. The van der Waals surface area contributed by atoms with Crippen LogP contribution in [0, 0.1) is 5.92 Å². The molecule has 0 amide bonds. The molecule has 7 heteroatoms. The van der Waals surface area contributed by atoms with E-state index in [2.05, 4.69) is 19.9 Å². The minimum atomic E-state index is -0.175. The van der Waals surface area contributed by atoms with Crippen LogP contribution < -0.4 is 5.32 Å². The van der Waals surface area contributed by atoms with Gasteiger partial charge in [0.15, 0.2) is 5.96 Å². The summed E-state index contributed by atoms with van der Waals surface area (Å²) in [5.41, 5.74) is 0. The van der Waals surface area contributed by atoms with Crippen molar-refractivity contribution in [2.75, 3.05) is 40.4 Å². The average Bonchev–Trinajstić information content (AvgIpc) is 2.59. The smallest absolute Gasteiger partial charge is 0.308 e. The van der Waals surface area contributed by atoms with Crippen LogP contribution in [0.25, 0.3) is 0 Å². The molecule has 0 saturated carbocycles. The molecule has 0 atom stereocenters. The molecule has 7 nitrogen and oxygen atoms in total. The van der Waals surface area contributed by atoms with Gasteiger partial charge < -0.3 is 19.7 Å². The number of carbonyl (C=O) groups excluding carboxylic acids is 2. The zero-order valence-electron chi connectivity index (χ0n) is 14.5. The predicted octanol–water partition coefficient (Wildman–Crippen LogP) is 1.18. The third-order valence-corrected chi connectivity index (χ3v) is 3.94. The zero-order valence-corrected chi connectivity index (χ0v) is 14.5. The molecule has 0 aromatic carbocycles. The summed E-state index contributed by atoms with van der Waals surface area (Å²) in [6.07, 6.45) is 3.65. The molecule has 0 unspecified atom stereocenters. The molecule has 0 bridgehead atoms. The van der Waals surface area contributed by atoms with Crippen LogP contribution in [-0.4, -0.2) is 63.2 Å². The number of hydrogen-bond donors (Lipinski definition) is 1. The van der Waals surface area contributed by atoms with E-state index in [4.69, 9.17) is 4.74 Å². The molecular weight excluding hydrogens is 298 g/mol. The van der Waals surface area contributed by atoms with E-state index >= 15 is 0 Å². The van der Waals surface area contributed by atoms with Crippen molar-refractivity contribution < 1.29 is 19.1 Å². The van der Waals surface area contributed by atoms with Gasteiger partial charge in [-0.3, -0.25) is 14.6 Å². The number of esters is 2. The molecule has 0 aliphatic carbocycles. The largest absolute Gasteiger partial charge is 0.469 e. The lowest BCUT2D eigenvalue weighted by Gasteiger charge is -2.33. The van der Waals surface area contributed by atoms with E-state index < -0.39 is 0 Å². The van der Waals surface area contributed by atoms with Gasteiger partial charge in [0.2, 0.25) is 0 Å². The SMILES string of the molecule is CCNC(=NCCCCC(=O)OC)N1CCC(C(=O)OC)CC1. The number of piperidine rings is 1. The lowest BCUT2D eigenvalue weighted by atomic mass is 9.97. The lowest BCUT2D eigenvalue weighted by molar-refractivity contribution is -0.146. The van der Waals surface area contributed by atoms with Gasteiger partial charge in [-0.25, -0.2) is 0 Å². The Labute approximate surface area is 138 Å². The molecule has 1 aliphatic heterocycles. The number of aliphatic imine (C=N–C) groups is 1. The molecule has 0 spiro atoms. The number of unbranched alkanes of at least 4 members (excludes halogenated alkanes) is 1. The van der Waals surface area contributed by atoms with Gasteiger partial charge in [0, 0.05) is 32.6 Å². The van der Waals surface area contributed by atoms with E-state index in [1.165, 1.54) is 14.2 Å². The number of nitrogens with zero attached hydrogens (tertiary/aromatic N) is 2. The minimum Gasteiger partial charge on any atom is -0.469 e. The van der Waals surface area contributed by atoms with Gasteiger partial charge in [0.1, 0.15) is 0 Å². The monoisotopic (exact) mass is 327 g/mol. The van der Waals surface area contributed by atoms with Crippen molar-refractivity contribution in [1.82, 2.24) is 10.2 Å². The molecule has 132 valence electrons. The van der Waals surface area contributed by atoms with Crippen LogP contribution in [0.5, 0.6) is 0 Å². The second kappa shape index (κ2) is 10.9. The highest BCUT2D eigenvalue weighted by molar-refractivity contribution is 5.80. The van der Waals surface area contributed by atoms with Crippen LogP contribution in [0.1, 0.15) is 39.0 Å². The van der Waals surface area contributed by atoms with Gasteiger partial charge >= 0.3 is 11.9 Å². The summed E-state index contributed by atoms with van der Waals surface area (Å²) in [5.74, 6) is 0.591. The second-order valence-electron chi connectivity index (χ2n) is 5.55. The Morgan fingerprint density at radius 1 is 1.17 bits per heavy atom. The fraction of sp³-hybridized carbons (Fsp3) is 0.812. The number of carbonyl (C=O) groups is 2. The topological polar surface area (TPSA) is 80.2 Å². The van der Waals surface area contributed by atoms with E-state index in [-0.39, 0.29) is 17.9 Å². The number of ether oxygens (including phenoxy) is 2. The number of hydrogen-bond acceptors (Lipinski definition) is 5. The zero-order chi connectivity index (χ0) is 17.1. The molecule has 1 saturated heterocycles. The Hall–Kier alpha value is -1.79. The molecule has 1 fully saturated rings. The van der Waals surface area contributed by atoms with E-state index in [1.54, 1.807) is 0 Å². The van der Waals surface area contributed by atoms with Gasteiger partial charge in [0.05, 0.1) is 20.1 Å². The Bertz CT molecular complexity index is 404. The van der Waals surface area contributed by atoms with Gasteiger partial charge in [-0.2, -0.15) is 0 Å². The molecular formula is C16H29N3O4. The molecule has 23 heavy (non-hydrogen) atoms. The van der Waals surface area contributed by atoms with E-state index in [1.807, 2.05) is 6.92 Å².